The lowest BCUT2D eigenvalue weighted by Gasteiger charge is -2.28. The average molecular weight is 384 g/mol. The highest BCUT2D eigenvalue weighted by atomic mass is 32.2. The number of fused-ring (bicyclic) bond motifs is 1. The normalized spacial score (nSPS) is 16.4. The largest absolute Gasteiger partial charge is 0.369 e. The van der Waals surface area contributed by atoms with Crippen LogP contribution in [0.15, 0.2) is 48.5 Å². The molecule has 0 spiro atoms. The van der Waals surface area contributed by atoms with Crippen molar-refractivity contribution >= 4 is 38.2 Å². The maximum Gasteiger partial charge on any atom is 0.230 e. The number of hydrogen-bond acceptors (Lipinski definition) is 5. The Kier molecular flexibility index (Phi) is 4.57. The number of hydrogen-bond donors (Lipinski definition) is 2. The molecule has 1 aliphatic rings. The molecule has 4 rings (SSSR count). The lowest BCUT2D eigenvalue weighted by molar-refractivity contribution is -0.115. The van der Waals surface area contributed by atoms with Gasteiger partial charge in [-0.3, -0.25) is 9.89 Å². The molecule has 1 aliphatic heterocycles. The second kappa shape index (κ2) is 7.03. The Labute approximate surface area is 157 Å². The van der Waals surface area contributed by atoms with E-state index in [2.05, 4.69) is 15.5 Å². The second-order valence-electron chi connectivity index (χ2n) is 6.65. The summed E-state index contributed by atoms with van der Waals surface area (Å²) in [5.74, 6) is 0.676. The van der Waals surface area contributed by atoms with Crippen LogP contribution in [0.3, 0.4) is 0 Å². The molecule has 27 heavy (non-hydrogen) atoms. The lowest BCUT2D eigenvalue weighted by Crippen LogP contribution is -2.40. The van der Waals surface area contributed by atoms with Crippen molar-refractivity contribution in [3.63, 3.8) is 0 Å². The number of nitrogens with zero attached hydrogens (tertiary/aromatic N) is 2. The first kappa shape index (κ1) is 17.5. The number of H-pyrrole nitrogens is 1. The third-order valence-electron chi connectivity index (χ3n) is 4.72. The molecular weight excluding hydrogens is 364 g/mol. The van der Waals surface area contributed by atoms with Gasteiger partial charge in [0.2, 0.25) is 5.91 Å². The molecular formula is C19H20N4O3S. The molecule has 0 unspecified atom stereocenters. The fourth-order valence-electron chi connectivity index (χ4n) is 3.22. The zero-order valence-electron chi connectivity index (χ0n) is 14.7. The summed E-state index contributed by atoms with van der Waals surface area (Å²) < 4.78 is 23.3. The predicted molar refractivity (Wildman–Crippen MR) is 106 cm³/mol. The van der Waals surface area contributed by atoms with Gasteiger partial charge in [-0.05, 0) is 23.8 Å². The van der Waals surface area contributed by atoms with Crippen LogP contribution in [0.1, 0.15) is 5.56 Å². The van der Waals surface area contributed by atoms with Crippen molar-refractivity contribution in [3.8, 4) is 0 Å². The smallest absolute Gasteiger partial charge is 0.230 e. The van der Waals surface area contributed by atoms with Gasteiger partial charge in [-0.25, -0.2) is 8.42 Å². The van der Waals surface area contributed by atoms with E-state index in [1.54, 1.807) is 0 Å². The first-order valence-electron chi connectivity index (χ1n) is 8.77. The van der Waals surface area contributed by atoms with Crippen LogP contribution in [0.4, 0.5) is 11.5 Å². The summed E-state index contributed by atoms with van der Waals surface area (Å²) >= 11 is 0. The SMILES string of the molecule is O=C(Cc1ccccc1)Nc1n[nH]c2ccc(N3CCS(=O)(=O)CC3)cc12. The van der Waals surface area contributed by atoms with Crippen molar-refractivity contribution in [2.75, 3.05) is 34.8 Å². The third-order valence-corrected chi connectivity index (χ3v) is 6.33. The number of amides is 1. The number of sulfone groups is 1. The zero-order chi connectivity index (χ0) is 18.9. The Morgan fingerprint density at radius 3 is 2.59 bits per heavy atom. The minimum Gasteiger partial charge on any atom is -0.369 e. The molecule has 0 radical (unpaired) electrons. The molecule has 2 N–H and O–H groups in total. The first-order valence-corrected chi connectivity index (χ1v) is 10.6. The minimum absolute atomic E-state index is 0.135. The quantitative estimate of drug-likeness (QED) is 0.717. The van der Waals surface area contributed by atoms with Gasteiger partial charge in [0.15, 0.2) is 15.7 Å². The van der Waals surface area contributed by atoms with Crippen LogP contribution in [-0.4, -0.2) is 49.1 Å². The molecule has 0 atom stereocenters. The van der Waals surface area contributed by atoms with Crippen molar-refractivity contribution in [3.05, 3.63) is 54.1 Å². The Morgan fingerprint density at radius 1 is 1.11 bits per heavy atom. The van der Waals surface area contributed by atoms with Gasteiger partial charge in [0, 0.05) is 24.2 Å². The molecule has 2 heterocycles. The fraction of sp³-hybridized carbons (Fsp3) is 0.263. The van der Waals surface area contributed by atoms with E-state index in [1.807, 2.05) is 53.4 Å². The van der Waals surface area contributed by atoms with Crippen molar-refractivity contribution in [1.82, 2.24) is 10.2 Å². The molecule has 1 fully saturated rings. The fourth-order valence-corrected chi connectivity index (χ4v) is 4.42. The van der Waals surface area contributed by atoms with Gasteiger partial charge in [-0.2, -0.15) is 5.10 Å². The van der Waals surface area contributed by atoms with Gasteiger partial charge in [0.25, 0.3) is 0 Å². The maximum atomic E-state index is 12.3. The molecule has 0 saturated carbocycles. The van der Waals surface area contributed by atoms with Gasteiger partial charge in [0.05, 0.1) is 23.4 Å². The van der Waals surface area contributed by atoms with Gasteiger partial charge >= 0.3 is 0 Å². The van der Waals surface area contributed by atoms with Gasteiger partial charge in [-0.15, -0.1) is 0 Å². The van der Waals surface area contributed by atoms with E-state index in [1.165, 1.54) is 0 Å². The number of benzene rings is 2. The number of anilines is 2. The molecule has 1 saturated heterocycles. The molecule has 7 nitrogen and oxygen atoms in total. The van der Waals surface area contributed by atoms with E-state index in [0.717, 1.165) is 22.2 Å². The van der Waals surface area contributed by atoms with E-state index in [-0.39, 0.29) is 23.8 Å². The predicted octanol–water partition coefficient (Wildman–Crippen LogP) is 1.98. The Morgan fingerprint density at radius 2 is 1.85 bits per heavy atom. The number of aromatic nitrogens is 2. The Balaban J connectivity index is 1.53. The highest BCUT2D eigenvalue weighted by Crippen LogP contribution is 2.27. The van der Waals surface area contributed by atoms with E-state index < -0.39 is 9.84 Å². The third kappa shape index (κ3) is 3.95. The minimum atomic E-state index is -2.93. The summed E-state index contributed by atoms with van der Waals surface area (Å²) in [6, 6.07) is 15.3. The molecule has 0 bridgehead atoms. The standard InChI is InChI=1S/C19H20N4O3S/c24-18(12-14-4-2-1-3-5-14)20-19-16-13-15(6-7-17(16)21-22-19)23-8-10-27(25,26)11-9-23/h1-7,13H,8-12H2,(H2,20,21,22,24). The summed E-state index contributed by atoms with van der Waals surface area (Å²) in [5.41, 5.74) is 2.68. The molecule has 1 aromatic heterocycles. The molecule has 1 amide bonds. The monoisotopic (exact) mass is 384 g/mol. The van der Waals surface area contributed by atoms with Gasteiger partial charge in [0.1, 0.15) is 0 Å². The summed E-state index contributed by atoms with van der Waals surface area (Å²) in [7, 11) is -2.93. The van der Waals surface area contributed by atoms with Crippen LogP contribution in [0, 0.1) is 0 Å². The number of carbonyl (C=O) groups excluding carboxylic acids is 1. The van der Waals surface area contributed by atoms with Crippen LogP contribution >= 0.6 is 0 Å². The van der Waals surface area contributed by atoms with E-state index in [9.17, 15) is 13.2 Å². The van der Waals surface area contributed by atoms with Crippen molar-refractivity contribution in [1.29, 1.82) is 0 Å². The van der Waals surface area contributed by atoms with Gasteiger partial charge < -0.3 is 10.2 Å². The maximum absolute atomic E-state index is 12.3. The van der Waals surface area contributed by atoms with Crippen LogP contribution < -0.4 is 10.2 Å². The highest BCUT2D eigenvalue weighted by molar-refractivity contribution is 7.91. The van der Waals surface area contributed by atoms with E-state index in [4.69, 9.17) is 0 Å². The summed E-state index contributed by atoms with van der Waals surface area (Å²) in [4.78, 5) is 14.4. The van der Waals surface area contributed by atoms with E-state index >= 15 is 0 Å². The van der Waals surface area contributed by atoms with Crippen LogP contribution in [0.2, 0.25) is 0 Å². The van der Waals surface area contributed by atoms with E-state index in [0.29, 0.717) is 18.9 Å². The van der Waals surface area contributed by atoms with Crippen LogP contribution in [0.25, 0.3) is 10.9 Å². The first-order chi connectivity index (χ1) is 13.0. The van der Waals surface area contributed by atoms with Crippen molar-refractivity contribution in [2.24, 2.45) is 0 Å². The van der Waals surface area contributed by atoms with Crippen molar-refractivity contribution < 1.29 is 13.2 Å². The number of aromatic amines is 1. The average Bonchev–Trinajstić information content (AvgIpc) is 3.04. The zero-order valence-corrected chi connectivity index (χ0v) is 15.5. The summed E-state index contributed by atoms with van der Waals surface area (Å²) in [5, 5.41) is 10.8. The number of rotatable bonds is 4. The number of nitrogens with one attached hydrogen (secondary N) is 2. The summed E-state index contributed by atoms with van der Waals surface area (Å²) in [6.45, 7) is 0.947. The topological polar surface area (TPSA) is 95.2 Å². The van der Waals surface area contributed by atoms with Crippen molar-refractivity contribution in [2.45, 2.75) is 6.42 Å². The Hall–Kier alpha value is -2.87. The molecule has 3 aromatic rings. The molecule has 140 valence electrons. The molecule has 2 aromatic carbocycles. The summed E-state index contributed by atoms with van der Waals surface area (Å²) in [6.07, 6.45) is 0.277. The number of carbonyl (C=O) groups is 1. The van der Waals surface area contributed by atoms with Gasteiger partial charge in [-0.1, -0.05) is 30.3 Å². The Bertz CT molecular complexity index is 1060. The molecule has 8 heteroatoms. The second-order valence-corrected chi connectivity index (χ2v) is 8.96. The van der Waals surface area contributed by atoms with Crippen LogP contribution in [0.5, 0.6) is 0 Å². The highest BCUT2D eigenvalue weighted by Gasteiger charge is 2.22. The lowest BCUT2D eigenvalue weighted by atomic mass is 10.1. The molecule has 0 aliphatic carbocycles. The van der Waals surface area contributed by atoms with Crippen LogP contribution in [-0.2, 0) is 21.1 Å².